The standard InChI is InChI=1S/C26H22ClFO3/c1-3-7-18(10-15-26(30)31)16-20(28)17-24(19-11-13-21(29)14-12-19)22(4-2)23-8-5-6-9-25(23)27/h1,5-16,29H,4,17H2,2H3,(H,30,31)/b15-10+,18-7-,20-16+,24-22+. The van der Waals surface area contributed by atoms with Crippen LogP contribution in [0.15, 0.2) is 84.2 Å². The first-order chi connectivity index (χ1) is 14.8. The Hall–Kier alpha value is -3.55. The monoisotopic (exact) mass is 436 g/mol. The van der Waals surface area contributed by atoms with Crippen LogP contribution in [0.1, 0.15) is 30.9 Å². The number of carboxylic acid groups (broad SMARTS) is 1. The van der Waals surface area contributed by atoms with Gasteiger partial charge in [0.1, 0.15) is 11.6 Å². The summed E-state index contributed by atoms with van der Waals surface area (Å²) in [5.74, 6) is 0.724. The number of phenolic OH excluding ortho intramolecular Hbond substituents is 1. The van der Waals surface area contributed by atoms with Crippen molar-refractivity contribution in [2.75, 3.05) is 0 Å². The number of hydrogen-bond acceptors (Lipinski definition) is 2. The molecule has 0 atom stereocenters. The lowest BCUT2D eigenvalue weighted by Gasteiger charge is -2.16. The molecule has 0 radical (unpaired) electrons. The molecule has 3 nitrogen and oxygen atoms in total. The Kier molecular flexibility index (Phi) is 8.87. The van der Waals surface area contributed by atoms with Gasteiger partial charge >= 0.3 is 5.97 Å². The molecule has 0 bridgehead atoms. The number of carboxylic acids is 1. The maximum atomic E-state index is 15.1. The molecule has 31 heavy (non-hydrogen) atoms. The largest absolute Gasteiger partial charge is 0.508 e. The molecule has 158 valence electrons. The van der Waals surface area contributed by atoms with Crippen molar-refractivity contribution in [3.63, 3.8) is 0 Å². The van der Waals surface area contributed by atoms with Crippen molar-refractivity contribution in [3.05, 3.63) is 100 Å². The van der Waals surface area contributed by atoms with Crippen molar-refractivity contribution in [3.8, 4) is 18.1 Å². The van der Waals surface area contributed by atoms with Crippen molar-refractivity contribution < 1.29 is 19.4 Å². The predicted molar refractivity (Wildman–Crippen MR) is 124 cm³/mol. The Morgan fingerprint density at radius 1 is 1.13 bits per heavy atom. The highest BCUT2D eigenvalue weighted by molar-refractivity contribution is 6.32. The summed E-state index contributed by atoms with van der Waals surface area (Å²) in [7, 11) is 0. The second kappa shape index (κ2) is 11.6. The molecule has 2 aromatic rings. The van der Waals surface area contributed by atoms with E-state index >= 15 is 4.39 Å². The van der Waals surface area contributed by atoms with Crippen LogP contribution in [-0.4, -0.2) is 16.2 Å². The van der Waals surface area contributed by atoms with E-state index in [2.05, 4.69) is 5.92 Å². The van der Waals surface area contributed by atoms with E-state index in [1.807, 2.05) is 25.1 Å². The lowest BCUT2D eigenvalue weighted by molar-refractivity contribution is -0.131. The molecule has 5 heteroatoms. The minimum atomic E-state index is -1.16. The number of carbonyl (C=O) groups is 1. The average molecular weight is 437 g/mol. The van der Waals surface area contributed by atoms with Crippen LogP contribution in [0.3, 0.4) is 0 Å². The predicted octanol–water partition coefficient (Wildman–Crippen LogP) is 6.81. The first kappa shape index (κ1) is 23.7. The zero-order valence-corrected chi connectivity index (χ0v) is 17.7. The first-order valence-corrected chi connectivity index (χ1v) is 9.93. The van der Waals surface area contributed by atoms with E-state index in [1.54, 1.807) is 18.2 Å². The summed E-state index contributed by atoms with van der Waals surface area (Å²) in [6, 6.07) is 13.8. The van der Waals surface area contributed by atoms with Crippen LogP contribution < -0.4 is 0 Å². The third kappa shape index (κ3) is 7.02. The van der Waals surface area contributed by atoms with Gasteiger partial charge in [0.25, 0.3) is 0 Å². The highest BCUT2D eigenvalue weighted by atomic mass is 35.5. The third-order valence-corrected chi connectivity index (χ3v) is 4.80. The molecular formula is C26H22ClFO3. The molecule has 0 heterocycles. The fourth-order valence-electron chi connectivity index (χ4n) is 3.12. The minimum Gasteiger partial charge on any atom is -0.508 e. The van der Waals surface area contributed by atoms with E-state index in [0.29, 0.717) is 17.0 Å². The SMILES string of the molecule is C#C/C=C(/C=C/C(=O)O)\C=C(\F)C/C(=C(/CC)c1ccccc1Cl)c1ccc(O)cc1. The summed E-state index contributed by atoms with van der Waals surface area (Å²) in [6.45, 7) is 1.96. The number of aliphatic carboxylic acids is 1. The average Bonchev–Trinajstić information content (AvgIpc) is 2.74. The number of halogens is 2. The van der Waals surface area contributed by atoms with Gasteiger partial charge in [0.15, 0.2) is 0 Å². The summed E-state index contributed by atoms with van der Waals surface area (Å²) < 4.78 is 15.1. The molecule has 2 rings (SSSR count). The van der Waals surface area contributed by atoms with Gasteiger partial charge in [-0.1, -0.05) is 54.8 Å². The van der Waals surface area contributed by atoms with Crippen molar-refractivity contribution in [2.24, 2.45) is 0 Å². The minimum absolute atomic E-state index is 0.0675. The van der Waals surface area contributed by atoms with E-state index in [-0.39, 0.29) is 17.7 Å². The second-order valence-electron chi connectivity index (χ2n) is 6.59. The first-order valence-electron chi connectivity index (χ1n) is 9.55. The number of rotatable bonds is 8. The smallest absolute Gasteiger partial charge is 0.328 e. The van der Waals surface area contributed by atoms with E-state index < -0.39 is 11.8 Å². The topological polar surface area (TPSA) is 57.5 Å². The Bertz CT molecular complexity index is 1100. The zero-order chi connectivity index (χ0) is 22.8. The van der Waals surface area contributed by atoms with Crippen LogP contribution in [-0.2, 0) is 4.79 Å². The van der Waals surface area contributed by atoms with Gasteiger partial charge in [-0.3, -0.25) is 0 Å². The zero-order valence-electron chi connectivity index (χ0n) is 17.0. The highest BCUT2D eigenvalue weighted by Crippen LogP contribution is 2.37. The molecular weight excluding hydrogens is 415 g/mol. The fraction of sp³-hybridized carbons (Fsp3) is 0.115. The van der Waals surface area contributed by atoms with Gasteiger partial charge in [0, 0.05) is 17.5 Å². The van der Waals surface area contributed by atoms with Gasteiger partial charge < -0.3 is 10.2 Å². The molecule has 2 aromatic carbocycles. The van der Waals surface area contributed by atoms with Crippen LogP contribution in [0, 0.1) is 12.3 Å². The Balaban J connectivity index is 2.59. The van der Waals surface area contributed by atoms with E-state index in [1.165, 1.54) is 30.4 Å². The summed E-state index contributed by atoms with van der Waals surface area (Å²) in [5.41, 5.74) is 3.35. The number of allylic oxidation sites excluding steroid dienone is 7. The van der Waals surface area contributed by atoms with Crippen molar-refractivity contribution in [1.29, 1.82) is 0 Å². The molecule has 0 spiro atoms. The van der Waals surface area contributed by atoms with Gasteiger partial charge in [0.05, 0.1) is 0 Å². The maximum absolute atomic E-state index is 15.1. The Morgan fingerprint density at radius 3 is 2.39 bits per heavy atom. The van der Waals surface area contributed by atoms with Crippen LogP contribution >= 0.6 is 11.6 Å². The lowest BCUT2D eigenvalue weighted by Crippen LogP contribution is -1.95. The van der Waals surface area contributed by atoms with Crippen LogP contribution in [0.4, 0.5) is 4.39 Å². The normalized spacial score (nSPS) is 13.1. The van der Waals surface area contributed by atoms with Gasteiger partial charge in [-0.2, -0.15) is 0 Å². The third-order valence-electron chi connectivity index (χ3n) is 4.47. The number of benzene rings is 2. The molecule has 0 saturated carbocycles. The fourth-order valence-corrected chi connectivity index (χ4v) is 3.37. The second-order valence-corrected chi connectivity index (χ2v) is 7.00. The van der Waals surface area contributed by atoms with Crippen molar-refractivity contribution >= 4 is 28.7 Å². The molecule has 0 aliphatic heterocycles. The van der Waals surface area contributed by atoms with Gasteiger partial charge in [-0.25, -0.2) is 9.18 Å². The molecule has 0 aliphatic rings. The molecule has 2 N–H and O–H groups in total. The lowest BCUT2D eigenvalue weighted by atomic mass is 9.90. The van der Waals surface area contributed by atoms with E-state index in [4.69, 9.17) is 23.1 Å². The summed E-state index contributed by atoms with van der Waals surface area (Å²) in [4.78, 5) is 10.8. The number of phenols is 1. The van der Waals surface area contributed by atoms with Crippen molar-refractivity contribution in [1.82, 2.24) is 0 Å². The molecule has 0 saturated heterocycles. The van der Waals surface area contributed by atoms with E-state index in [0.717, 1.165) is 22.8 Å². The molecule has 0 fully saturated rings. The molecule has 0 unspecified atom stereocenters. The highest BCUT2D eigenvalue weighted by Gasteiger charge is 2.15. The summed E-state index contributed by atoms with van der Waals surface area (Å²) in [5, 5.41) is 19.0. The summed E-state index contributed by atoms with van der Waals surface area (Å²) in [6.07, 6.45) is 10.4. The summed E-state index contributed by atoms with van der Waals surface area (Å²) >= 11 is 6.41. The van der Waals surface area contributed by atoms with Gasteiger partial charge in [-0.15, -0.1) is 6.42 Å². The molecule has 0 aliphatic carbocycles. The number of aromatic hydroxyl groups is 1. The van der Waals surface area contributed by atoms with Crippen LogP contribution in [0.2, 0.25) is 5.02 Å². The van der Waals surface area contributed by atoms with Gasteiger partial charge in [-0.05, 0) is 70.7 Å². The molecule has 0 aromatic heterocycles. The number of terminal acetylenes is 1. The Labute approximate surface area is 186 Å². The number of hydrogen-bond donors (Lipinski definition) is 2. The maximum Gasteiger partial charge on any atom is 0.328 e. The quantitative estimate of drug-likeness (QED) is 0.207. The van der Waals surface area contributed by atoms with Crippen molar-refractivity contribution in [2.45, 2.75) is 19.8 Å². The molecule has 0 amide bonds. The van der Waals surface area contributed by atoms with Gasteiger partial charge in [0.2, 0.25) is 0 Å². The van der Waals surface area contributed by atoms with Crippen LogP contribution in [0.25, 0.3) is 11.1 Å². The van der Waals surface area contributed by atoms with Crippen LogP contribution in [0.5, 0.6) is 5.75 Å². The van der Waals surface area contributed by atoms with E-state index in [9.17, 15) is 9.90 Å². The Morgan fingerprint density at radius 2 is 1.81 bits per heavy atom.